The van der Waals surface area contributed by atoms with Crippen molar-refractivity contribution in [3.05, 3.63) is 70.1 Å². The molecule has 2 aromatic carbocycles. The maximum atomic E-state index is 10.6. The average Bonchev–Trinajstić information content (AvgIpc) is 3.18. The summed E-state index contributed by atoms with van der Waals surface area (Å²) in [7, 11) is 1.60. The van der Waals surface area contributed by atoms with Crippen LogP contribution in [0.3, 0.4) is 0 Å². The number of aliphatic hydroxyl groups is 1. The summed E-state index contributed by atoms with van der Waals surface area (Å²) in [5, 5.41) is 14.8. The quantitative estimate of drug-likeness (QED) is 0.305. The second kappa shape index (κ2) is 9.02. The highest BCUT2D eigenvalue weighted by atomic mass is 35.5. The molecule has 2 aromatic heterocycles. The maximum absolute atomic E-state index is 10.6. The van der Waals surface area contributed by atoms with Gasteiger partial charge in [-0.2, -0.15) is 0 Å². The van der Waals surface area contributed by atoms with E-state index in [-0.39, 0.29) is 0 Å². The molecule has 0 aliphatic carbocycles. The Morgan fingerprint density at radius 3 is 2.42 bits per heavy atom. The Kier molecular flexibility index (Phi) is 6.30. The minimum atomic E-state index is -1.19. The van der Waals surface area contributed by atoms with Crippen LogP contribution >= 0.6 is 23.2 Å². The third-order valence-electron chi connectivity index (χ3n) is 4.98. The molecule has 170 valence electrons. The Bertz CT molecular complexity index is 1310. The Morgan fingerprint density at radius 1 is 1.03 bits per heavy atom. The summed E-state index contributed by atoms with van der Waals surface area (Å²) < 4.78 is 5.57. The van der Waals surface area contributed by atoms with Crippen LogP contribution in [0.4, 0.5) is 11.6 Å². The van der Waals surface area contributed by atoms with Gasteiger partial charge in [-0.15, -0.1) is 0 Å². The molecule has 0 saturated heterocycles. The molecule has 33 heavy (non-hydrogen) atoms. The number of rotatable bonds is 6. The number of imidazole rings is 1. The monoisotopic (exact) mass is 483 g/mol. The number of methoxy groups -OCH3 is 1. The molecule has 3 N–H and O–H groups in total. The minimum absolute atomic E-state index is 0.305. The third-order valence-corrected chi connectivity index (χ3v) is 5.52. The number of hydrogen-bond donors (Lipinski definition) is 3. The van der Waals surface area contributed by atoms with E-state index >= 15 is 0 Å². The second-order valence-corrected chi connectivity index (χ2v) is 8.94. The van der Waals surface area contributed by atoms with Crippen molar-refractivity contribution in [1.29, 1.82) is 0 Å². The summed E-state index contributed by atoms with van der Waals surface area (Å²) in [6.45, 7) is 5.27. The van der Waals surface area contributed by atoms with E-state index in [0.29, 0.717) is 44.4 Å². The lowest BCUT2D eigenvalue weighted by Crippen LogP contribution is -2.19. The predicted octanol–water partition coefficient (Wildman–Crippen LogP) is 6.13. The summed E-state index contributed by atoms with van der Waals surface area (Å²) in [5.74, 6) is 1.66. The van der Waals surface area contributed by atoms with Crippen LogP contribution in [0.5, 0.6) is 5.75 Å². The smallest absolute Gasteiger partial charge is 0.228 e. The molecule has 0 radical (unpaired) electrons. The van der Waals surface area contributed by atoms with Crippen LogP contribution in [0, 0.1) is 6.92 Å². The first kappa shape index (κ1) is 23.0. The topological polar surface area (TPSA) is 95.9 Å². The van der Waals surface area contributed by atoms with Crippen molar-refractivity contribution >= 4 is 34.8 Å². The highest BCUT2D eigenvalue weighted by molar-refractivity contribution is 6.36. The number of ether oxygens (including phenoxy) is 1. The highest BCUT2D eigenvalue weighted by Gasteiger charge is 2.21. The third kappa shape index (κ3) is 5.11. The van der Waals surface area contributed by atoms with Crippen molar-refractivity contribution in [2.24, 2.45) is 0 Å². The second-order valence-electron chi connectivity index (χ2n) is 8.10. The number of aryl methyl sites for hydroxylation is 1. The van der Waals surface area contributed by atoms with Crippen molar-refractivity contribution in [3.8, 4) is 28.4 Å². The zero-order valence-corrected chi connectivity index (χ0v) is 20.1. The van der Waals surface area contributed by atoms with Gasteiger partial charge in [0.15, 0.2) is 0 Å². The molecule has 0 aliphatic rings. The van der Waals surface area contributed by atoms with Crippen molar-refractivity contribution < 1.29 is 9.84 Å². The van der Waals surface area contributed by atoms with Gasteiger partial charge in [0.25, 0.3) is 0 Å². The molecule has 0 amide bonds. The van der Waals surface area contributed by atoms with Gasteiger partial charge in [0.05, 0.1) is 29.1 Å². The zero-order chi connectivity index (χ0) is 23.8. The molecule has 7 nitrogen and oxygen atoms in total. The molecular weight excluding hydrogens is 461 g/mol. The number of hydrogen-bond acceptors (Lipinski definition) is 6. The first-order chi connectivity index (χ1) is 15.6. The van der Waals surface area contributed by atoms with Crippen molar-refractivity contribution in [3.63, 3.8) is 0 Å². The van der Waals surface area contributed by atoms with E-state index in [4.69, 9.17) is 27.9 Å². The molecule has 2 heterocycles. The van der Waals surface area contributed by atoms with E-state index in [1.165, 1.54) is 0 Å². The van der Waals surface area contributed by atoms with E-state index in [0.717, 1.165) is 17.1 Å². The van der Waals surface area contributed by atoms with Crippen LogP contribution in [0.1, 0.15) is 25.2 Å². The fraction of sp³-hybridized carbons (Fsp3) is 0.208. The number of aromatic nitrogens is 4. The zero-order valence-electron chi connectivity index (χ0n) is 18.6. The van der Waals surface area contributed by atoms with Gasteiger partial charge in [0.1, 0.15) is 17.2 Å². The number of nitrogens with zero attached hydrogens (tertiary/aromatic N) is 3. The van der Waals surface area contributed by atoms with Gasteiger partial charge in [-0.1, -0.05) is 23.2 Å². The van der Waals surface area contributed by atoms with Crippen LogP contribution in [-0.4, -0.2) is 32.2 Å². The van der Waals surface area contributed by atoms with E-state index in [2.05, 4.69) is 25.3 Å². The SMILES string of the molecule is COc1cc(Nc2nc(-c3ccc(Cl)cc3Cl)cc(C(C)(C)O)n2)ccc1-c1ncc(C)[nH]1. The summed E-state index contributed by atoms with van der Waals surface area (Å²) in [4.78, 5) is 16.7. The van der Waals surface area contributed by atoms with Crippen molar-refractivity contribution in [2.45, 2.75) is 26.4 Å². The van der Waals surface area contributed by atoms with Gasteiger partial charge in [0, 0.05) is 34.2 Å². The number of halogens is 2. The van der Waals surface area contributed by atoms with Gasteiger partial charge in [-0.05, 0) is 57.2 Å². The molecule has 0 spiro atoms. The summed E-state index contributed by atoms with van der Waals surface area (Å²) in [5.41, 5.74) is 2.98. The normalized spacial score (nSPS) is 11.5. The van der Waals surface area contributed by atoms with Gasteiger partial charge < -0.3 is 20.1 Å². The van der Waals surface area contributed by atoms with Gasteiger partial charge in [-0.25, -0.2) is 15.0 Å². The standard InChI is InChI=1S/C24H23Cl2N5O2/c1-13-12-27-22(28-13)17-8-6-15(10-20(17)33-4)29-23-30-19(11-21(31-23)24(2,3)32)16-7-5-14(25)9-18(16)26/h5-12,32H,1-4H3,(H,27,28)(H,29,30,31). The lowest BCUT2D eigenvalue weighted by Gasteiger charge is -2.19. The first-order valence-corrected chi connectivity index (χ1v) is 10.9. The maximum Gasteiger partial charge on any atom is 0.228 e. The molecule has 0 atom stereocenters. The van der Waals surface area contributed by atoms with E-state index in [9.17, 15) is 5.11 Å². The molecular formula is C24H23Cl2N5O2. The molecule has 9 heteroatoms. The molecule has 0 saturated carbocycles. The molecule has 0 bridgehead atoms. The predicted molar refractivity (Wildman–Crippen MR) is 131 cm³/mol. The summed E-state index contributed by atoms with van der Waals surface area (Å²) >= 11 is 12.5. The first-order valence-electron chi connectivity index (χ1n) is 10.2. The van der Waals surface area contributed by atoms with Gasteiger partial charge >= 0.3 is 0 Å². The van der Waals surface area contributed by atoms with Crippen molar-refractivity contribution in [1.82, 2.24) is 19.9 Å². The van der Waals surface area contributed by atoms with Crippen LogP contribution in [-0.2, 0) is 5.60 Å². The van der Waals surface area contributed by atoms with Crippen LogP contribution in [0.25, 0.3) is 22.6 Å². The Hall–Kier alpha value is -3.13. The number of nitrogens with one attached hydrogen (secondary N) is 2. The molecule has 4 aromatic rings. The van der Waals surface area contributed by atoms with Crippen molar-refractivity contribution in [2.75, 3.05) is 12.4 Å². The summed E-state index contributed by atoms with van der Waals surface area (Å²) in [6.07, 6.45) is 1.76. The Labute approximate surface area is 201 Å². The summed E-state index contributed by atoms with van der Waals surface area (Å²) in [6, 6.07) is 12.5. The van der Waals surface area contributed by atoms with Gasteiger partial charge in [0.2, 0.25) is 5.95 Å². The number of H-pyrrole nitrogens is 1. The van der Waals surface area contributed by atoms with Gasteiger partial charge in [-0.3, -0.25) is 0 Å². The molecule has 4 rings (SSSR count). The Balaban J connectivity index is 1.74. The number of anilines is 2. The number of benzene rings is 2. The lowest BCUT2D eigenvalue weighted by molar-refractivity contribution is 0.0739. The highest BCUT2D eigenvalue weighted by Crippen LogP contribution is 2.34. The Morgan fingerprint density at radius 2 is 1.79 bits per heavy atom. The minimum Gasteiger partial charge on any atom is -0.496 e. The van der Waals surface area contributed by atoms with Crippen LogP contribution in [0.15, 0.2) is 48.7 Å². The fourth-order valence-electron chi connectivity index (χ4n) is 3.30. The number of aromatic amines is 1. The van der Waals surface area contributed by atoms with Crippen LogP contribution in [0.2, 0.25) is 10.0 Å². The van der Waals surface area contributed by atoms with Crippen LogP contribution < -0.4 is 10.1 Å². The molecule has 0 aliphatic heterocycles. The van der Waals surface area contributed by atoms with E-state index in [1.54, 1.807) is 51.4 Å². The largest absolute Gasteiger partial charge is 0.496 e. The average molecular weight is 484 g/mol. The molecule has 0 fully saturated rings. The van der Waals surface area contributed by atoms with E-state index < -0.39 is 5.60 Å². The molecule has 0 unspecified atom stereocenters. The lowest BCUT2D eigenvalue weighted by atomic mass is 10.0. The fourth-order valence-corrected chi connectivity index (χ4v) is 3.80. The van der Waals surface area contributed by atoms with E-state index in [1.807, 2.05) is 25.1 Å².